The fourth-order valence-electron chi connectivity index (χ4n) is 3.35. The van der Waals surface area contributed by atoms with Crippen LogP contribution < -0.4 is 4.74 Å². The lowest BCUT2D eigenvalue weighted by Crippen LogP contribution is -2.04. The molecule has 0 unspecified atom stereocenters. The summed E-state index contributed by atoms with van der Waals surface area (Å²) < 4.78 is 11.7. The first-order valence-corrected chi connectivity index (χ1v) is 9.27. The van der Waals surface area contributed by atoms with Gasteiger partial charge < -0.3 is 9.47 Å². The molecule has 0 aromatic heterocycles. The van der Waals surface area contributed by atoms with Crippen LogP contribution in [0.1, 0.15) is 47.7 Å². The van der Waals surface area contributed by atoms with E-state index in [2.05, 4.69) is 22.0 Å². The Labute approximate surface area is 156 Å². The van der Waals surface area contributed by atoms with Crippen molar-refractivity contribution in [2.45, 2.75) is 26.2 Å². The molecule has 0 bridgehead atoms. The Balaban J connectivity index is 2.09. The second-order valence-corrected chi connectivity index (χ2v) is 6.78. The maximum absolute atomic E-state index is 12.1. The zero-order valence-corrected chi connectivity index (χ0v) is 16.1. The maximum Gasteiger partial charge on any atom is 0.338 e. The van der Waals surface area contributed by atoms with E-state index in [4.69, 9.17) is 9.47 Å². The number of halogens is 1. The first-order chi connectivity index (χ1) is 12.2. The molecule has 3 nitrogen and oxygen atoms in total. The van der Waals surface area contributed by atoms with E-state index in [1.165, 1.54) is 11.1 Å². The molecule has 2 aromatic rings. The molecule has 0 atom stereocenters. The van der Waals surface area contributed by atoms with Crippen molar-refractivity contribution >= 4 is 33.0 Å². The number of ether oxygens (including phenoxy) is 2. The molecule has 130 valence electrons. The van der Waals surface area contributed by atoms with Crippen molar-refractivity contribution < 1.29 is 14.3 Å². The van der Waals surface area contributed by atoms with Crippen molar-refractivity contribution in [2.75, 3.05) is 13.7 Å². The summed E-state index contributed by atoms with van der Waals surface area (Å²) in [5, 5.41) is 0. The van der Waals surface area contributed by atoms with E-state index >= 15 is 0 Å². The maximum atomic E-state index is 12.1. The Hall–Kier alpha value is -2.07. The minimum absolute atomic E-state index is 0.275. The van der Waals surface area contributed by atoms with Crippen molar-refractivity contribution in [1.82, 2.24) is 0 Å². The highest BCUT2D eigenvalue weighted by Gasteiger charge is 2.22. The van der Waals surface area contributed by atoms with Gasteiger partial charge in [-0.3, -0.25) is 0 Å². The number of methoxy groups -OCH3 is 1. The number of carbonyl (C=O) groups excluding carboxylic acids is 1. The van der Waals surface area contributed by atoms with Gasteiger partial charge in [-0.25, -0.2) is 4.79 Å². The first-order valence-electron chi connectivity index (χ1n) is 8.48. The molecular formula is C21H21BrO3. The van der Waals surface area contributed by atoms with Crippen LogP contribution in [0.3, 0.4) is 0 Å². The van der Waals surface area contributed by atoms with Crippen LogP contribution >= 0.6 is 15.9 Å². The van der Waals surface area contributed by atoms with Crippen LogP contribution in [0.15, 0.2) is 46.9 Å². The lowest BCUT2D eigenvalue weighted by Gasteiger charge is -2.15. The Morgan fingerprint density at radius 2 is 1.88 bits per heavy atom. The summed E-state index contributed by atoms with van der Waals surface area (Å²) in [5.41, 5.74) is 5.34. The van der Waals surface area contributed by atoms with E-state index in [0.717, 1.165) is 40.6 Å². The highest BCUT2D eigenvalue weighted by atomic mass is 79.9. The third-order valence-corrected chi connectivity index (χ3v) is 5.10. The normalized spacial score (nSPS) is 13.9. The number of hydrogen-bond donors (Lipinski definition) is 0. The molecule has 1 aliphatic carbocycles. The molecule has 0 amide bonds. The van der Waals surface area contributed by atoms with Gasteiger partial charge in [-0.1, -0.05) is 34.1 Å². The Bertz CT molecular complexity index is 824. The Morgan fingerprint density at radius 1 is 1.12 bits per heavy atom. The molecule has 0 saturated heterocycles. The molecule has 0 N–H and O–H groups in total. The van der Waals surface area contributed by atoms with Crippen LogP contribution in [0.25, 0.3) is 11.1 Å². The molecule has 25 heavy (non-hydrogen) atoms. The molecule has 0 heterocycles. The van der Waals surface area contributed by atoms with Crippen LogP contribution in [0.4, 0.5) is 0 Å². The SMILES string of the molecule is CCOC(=O)c1cccc(C2=C(c3c(Br)cccc3OC)CCC2)c1. The van der Waals surface area contributed by atoms with Crippen LogP contribution in [0.5, 0.6) is 5.75 Å². The van der Waals surface area contributed by atoms with E-state index in [1.807, 2.05) is 37.3 Å². The van der Waals surface area contributed by atoms with Crippen LogP contribution in [-0.2, 0) is 4.74 Å². The third-order valence-electron chi connectivity index (χ3n) is 4.44. The number of hydrogen-bond acceptors (Lipinski definition) is 3. The fourth-order valence-corrected chi connectivity index (χ4v) is 3.94. The third kappa shape index (κ3) is 3.64. The molecule has 0 saturated carbocycles. The highest BCUT2D eigenvalue weighted by molar-refractivity contribution is 9.10. The molecule has 3 rings (SSSR count). The summed E-state index contributed by atoms with van der Waals surface area (Å²) in [7, 11) is 1.70. The second kappa shape index (κ2) is 7.87. The zero-order valence-electron chi connectivity index (χ0n) is 14.5. The number of allylic oxidation sites excluding steroid dienone is 2. The molecule has 0 radical (unpaired) electrons. The number of carbonyl (C=O) groups is 1. The van der Waals surface area contributed by atoms with E-state index in [1.54, 1.807) is 13.2 Å². The van der Waals surface area contributed by atoms with Crippen molar-refractivity contribution in [2.24, 2.45) is 0 Å². The van der Waals surface area contributed by atoms with E-state index in [0.29, 0.717) is 12.2 Å². The quantitative estimate of drug-likeness (QED) is 0.601. The second-order valence-electron chi connectivity index (χ2n) is 5.93. The van der Waals surface area contributed by atoms with Gasteiger partial charge in [0, 0.05) is 10.0 Å². The number of esters is 1. The van der Waals surface area contributed by atoms with Gasteiger partial charge in [0.05, 0.1) is 19.3 Å². The smallest absolute Gasteiger partial charge is 0.338 e. The molecule has 0 aliphatic heterocycles. The predicted molar refractivity (Wildman–Crippen MR) is 104 cm³/mol. The fraction of sp³-hybridized carbons (Fsp3) is 0.286. The summed E-state index contributed by atoms with van der Waals surface area (Å²) in [6, 6.07) is 13.7. The molecular weight excluding hydrogens is 380 g/mol. The van der Waals surface area contributed by atoms with E-state index < -0.39 is 0 Å². The number of benzene rings is 2. The van der Waals surface area contributed by atoms with E-state index in [-0.39, 0.29) is 5.97 Å². The summed E-state index contributed by atoms with van der Waals surface area (Å²) in [6.45, 7) is 2.20. The minimum atomic E-state index is -0.275. The molecule has 1 aliphatic rings. The Morgan fingerprint density at radius 3 is 2.64 bits per heavy atom. The van der Waals surface area contributed by atoms with Crippen molar-refractivity contribution in [3.63, 3.8) is 0 Å². The van der Waals surface area contributed by atoms with Gasteiger partial charge in [0.15, 0.2) is 0 Å². The van der Waals surface area contributed by atoms with Gasteiger partial charge >= 0.3 is 5.97 Å². The largest absolute Gasteiger partial charge is 0.496 e. The summed E-state index contributed by atoms with van der Waals surface area (Å²) in [4.78, 5) is 12.1. The lowest BCUT2D eigenvalue weighted by molar-refractivity contribution is 0.0526. The van der Waals surface area contributed by atoms with Gasteiger partial charge in [0.25, 0.3) is 0 Å². The first kappa shape index (κ1) is 17.7. The van der Waals surface area contributed by atoms with Crippen LogP contribution in [0, 0.1) is 0 Å². The van der Waals surface area contributed by atoms with Gasteiger partial charge in [-0.2, -0.15) is 0 Å². The van der Waals surface area contributed by atoms with Gasteiger partial charge in [-0.15, -0.1) is 0 Å². The van der Waals surface area contributed by atoms with Crippen molar-refractivity contribution in [3.05, 3.63) is 63.6 Å². The average Bonchev–Trinajstić information content (AvgIpc) is 3.11. The van der Waals surface area contributed by atoms with Crippen molar-refractivity contribution in [1.29, 1.82) is 0 Å². The summed E-state index contributed by atoms with van der Waals surface area (Å²) in [6.07, 6.45) is 3.09. The molecule has 0 fully saturated rings. The lowest BCUT2D eigenvalue weighted by atomic mass is 9.95. The highest BCUT2D eigenvalue weighted by Crippen LogP contribution is 2.45. The average molecular weight is 401 g/mol. The number of rotatable bonds is 5. The van der Waals surface area contributed by atoms with Gasteiger partial charge in [0.1, 0.15) is 5.75 Å². The summed E-state index contributed by atoms with van der Waals surface area (Å²) in [5.74, 6) is 0.591. The minimum Gasteiger partial charge on any atom is -0.496 e. The molecule has 0 spiro atoms. The molecule has 4 heteroatoms. The van der Waals surface area contributed by atoms with Crippen LogP contribution in [0.2, 0.25) is 0 Å². The monoisotopic (exact) mass is 400 g/mol. The topological polar surface area (TPSA) is 35.5 Å². The molecule has 2 aromatic carbocycles. The van der Waals surface area contributed by atoms with Crippen LogP contribution in [-0.4, -0.2) is 19.7 Å². The van der Waals surface area contributed by atoms with Gasteiger partial charge in [-0.05, 0) is 67.2 Å². The predicted octanol–water partition coefficient (Wildman–Crippen LogP) is 5.73. The Kier molecular flexibility index (Phi) is 5.59. The zero-order chi connectivity index (χ0) is 17.8. The van der Waals surface area contributed by atoms with Gasteiger partial charge in [0.2, 0.25) is 0 Å². The van der Waals surface area contributed by atoms with Crippen molar-refractivity contribution in [3.8, 4) is 5.75 Å². The van der Waals surface area contributed by atoms with E-state index in [9.17, 15) is 4.79 Å². The standard InChI is InChI=1S/C21H21BrO3/c1-3-25-21(23)15-8-4-7-14(13-15)16-9-5-10-17(16)20-18(22)11-6-12-19(20)24-2/h4,6-8,11-13H,3,5,9-10H2,1-2H3. The summed E-state index contributed by atoms with van der Waals surface area (Å²) >= 11 is 3.67.